The number of hydrogen-bond donors (Lipinski definition) is 1. The first-order chi connectivity index (χ1) is 8.95. The van der Waals surface area contributed by atoms with Gasteiger partial charge in [-0.3, -0.25) is 0 Å². The van der Waals surface area contributed by atoms with Gasteiger partial charge in [0.2, 0.25) is 0 Å². The molecule has 0 spiro atoms. The molecule has 106 valence electrons. The average Bonchev–Trinajstić information content (AvgIpc) is 2.30. The van der Waals surface area contributed by atoms with Crippen molar-refractivity contribution in [1.82, 2.24) is 5.32 Å². The van der Waals surface area contributed by atoms with Crippen LogP contribution in [0.1, 0.15) is 49.4 Å². The van der Waals surface area contributed by atoms with Gasteiger partial charge in [0, 0.05) is 6.54 Å². The lowest BCUT2D eigenvalue weighted by Crippen LogP contribution is -2.20. The minimum absolute atomic E-state index is 0.587. The van der Waals surface area contributed by atoms with Crippen molar-refractivity contribution in [3.05, 3.63) is 40.0 Å². The van der Waals surface area contributed by atoms with Crippen molar-refractivity contribution in [3.8, 4) is 0 Å². The molecule has 1 aromatic carbocycles. The molecule has 0 aliphatic rings. The summed E-state index contributed by atoms with van der Waals surface area (Å²) in [6, 6.07) is 4.55. The smallest absolute Gasteiger partial charge is 0.0170 e. The Hall–Kier alpha value is -1.08. The average molecular weight is 259 g/mol. The maximum absolute atomic E-state index is 3.52. The predicted molar refractivity (Wildman–Crippen MR) is 86.6 cm³/mol. The second-order valence-electron chi connectivity index (χ2n) is 5.86. The number of aryl methyl sites for hydroxylation is 3. The summed E-state index contributed by atoms with van der Waals surface area (Å²) in [4.78, 5) is 0. The lowest BCUT2D eigenvalue weighted by molar-refractivity contribution is 0.657. The summed E-state index contributed by atoms with van der Waals surface area (Å²) in [7, 11) is 0. The summed E-state index contributed by atoms with van der Waals surface area (Å²) in [5.74, 6) is 0.587. The van der Waals surface area contributed by atoms with Crippen molar-refractivity contribution < 1.29 is 0 Å². The van der Waals surface area contributed by atoms with Crippen LogP contribution in [0.25, 0.3) is 6.08 Å². The van der Waals surface area contributed by atoms with Crippen LogP contribution in [0.5, 0.6) is 0 Å². The third kappa shape index (κ3) is 4.83. The van der Waals surface area contributed by atoms with E-state index in [0.717, 1.165) is 13.1 Å². The van der Waals surface area contributed by atoms with Crippen LogP contribution in [0, 0.1) is 26.7 Å². The normalized spacial score (nSPS) is 12.3. The number of benzene rings is 1. The highest BCUT2D eigenvalue weighted by Gasteiger charge is 2.07. The molecular formula is C18H29N. The lowest BCUT2D eigenvalue weighted by atomic mass is 9.94. The molecule has 1 nitrogen and oxygen atoms in total. The molecule has 0 aliphatic heterocycles. The van der Waals surface area contributed by atoms with Gasteiger partial charge in [-0.2, -0.15) is 0 Å². The van der Waals surface area contributed by atoms with Crippen molar-refractivity contribution in [2.45, 2.75) is 48.0 Å². The first kappa shape index (κ1) is 16.0. The van der Waals surface area contributed by atoms with E-state index in [9.17, 15) is 0 Å². The minimum Gasteiger partial charge on any atom is -0.313 e. The Balaban J connectivity index is 3.01. The van der Waals surface area contributed by atoms with E-state index in [1.54, 1.807) is 0 Å². The molecule has 1 heteroatoms. The molecule has 0 aliphatic carbocycles. The molecule has 0 saturated carbocycles. The predicted octanol–water partition coefficient (Wildman–Crippen LogP) is 4.65. The summed E-state index contributed by atoms with van der Waals surface area (Å²) in [6.45, 7) is 15.4. The fourth-order valence-electron chi connectivity index (χ4n) is 2.44. The molecule has 0 heterocycles. The van der Waals surface area contributed by atoms with E-state index in [1.807, 2.05) is 0 Å². The van der Waals surface area contributed by atoms with Crippen LogP contribution >= 0.6 is 0 Å². The Bertz CT molecular complexity index is 418. The zero-order valence-corrected chi connectivity index (χ0v) is 13.4. The Labute approximate surface area is 119 Å². The number of rotatable bonds is 6. The maximum Gasteiger partial charge on any atom is 0.0170 e. The van der Waals surface area contributed by atoms with Gasteiger partial charge in [-0.25, -0.2) is 0 Å². The molecule has 0 aromatic heterocycles. The highest BCUT2D eigenvalue weighted by atomic mass is 14.8. The summed E-state index contributed by atoms with van der Waals surface area (Å²) in [5, 5.41) is 3.52. The van der Waals surface area contributed by atoms with Crippen LogP contribution in [0.3, 0.4) is 0 Å². The van der Waals surface area contributed by atoms with Gasteiger partial charge in [0.15, 0.2) is 0 Å². The molecule has 19 heavy (non-hydrogen) atoms. The second-order valence-corrected chi connectivity index (χ2v) is 5.86. The van der Waals surface area contributed by atoms with Gasteiger partial charge >= 0.3 is 0 Å². The molecule has 1 N–H and O–H groups in total. The van der Waals surface area contributed by atoms with Crippen molar-refractivity contribution in [2.75, 3.05) is 13.1 Å². The van der Waals surface area contributed by atoms with Gasteiger partial charge in [0.05, 0.1) is 0 Å². The van der Waals surface area contributed by atoms with Crippen molar-refractivity contribution in [1.29, 1.82) is 0 Å². The molecule has 1 aromatic rings. The summed E-state index contributed by atoms with van der Waals surface area (Å²) >= 11 is 0. The van der Waals surface area contributed by atoms with E-state index in [0.29, 0.717) is 5.92 Å². The van der Waals surface area contributed by atoms with Crippen molar-refractivity contribution >= 4 is 6.08 Å². The lowest BCUT2D eigenvalue weighted by Gasteiger charge is -2.15. The van der Waals surface area contributed by atoms with Gasteiger partial charge in [0.25, 0.3) is 0 Å². The van der Waals surface area contributed by atoms with E-state index >= 15 is 0 Å². The van der Waals surface area contributed by atoms with Crippen molar-refractivity contribution in [2.24, 2.45) is 5.92 Å². The molecule has 0 fully saturated rings. The molecule has 0 amide bonds. The highest BCUT2D eigenvalue weighted by molar-refractivity contribution is 5.61. The van der Waals surface area contributed by atoms with E-state index in [2.05, 4.69) is 65.1 Å². The van der Waals surface area contributed by atoms with Crippen LogP contribution in [0.4, 0.5) is 0 Å². The summed E-state index contributed by atoms with van der Waals surface area (Å²) in [5.41, 5.74) is 7.00. The maximum atomic E-state index is 3.52. The van der Waals surface area contributed by atoms with E-state index in [4.69, 9.17) is 0 Å². The molecule has 0 unspecified atom stereocenters. The third-order valence-corrected chi connectivity index (χ3v) is 3.57. The summed E-state index contributed by atoms with van der Waals surface area (Å²) < 4.78 is 0. The van der Waals surface area contributed by atoms with Crippen LogP contribution in [0.2, 0.25) is 0 Å². The first-order valence-electron chi connectivity index (χ1n) is 7.44. The van der Waals surface area contributed by atoms with Gasteiger partial charge in [-0.05, 0) is 56.3 Å². The van der Waals surface area contributed by atoms with Gasteiger partial charge in [-0.15, -0.1) is 0 Å². The SMILES string of the molecule is CCCNCC(=Cc1c(C)cc(C)cc1C)C(C)C. The Morgan fingerprint density at radius 2 is 1.74 bits per heavy atom. The number of hydrogen-bond acceptors (Lipinski definition) is 1. The van der Waals surface area contributed by atoms with E-state index < -0.39 is 0 Å². The molecule has 0 atom stereocenters. The van der Waals surface area contributed by atoms with Gasteiger partial charge < -0.3 is 5.32 Å². The first-order valence-corrected chi connectivity index (χ1v) is 7.44. The Morgan fingerprint density at radius 1 is 1.16 bits per heavy atom. The highest BCUT2D eigenvalue weighted by Crippen LogP contribution is 2.22. The molecule has 0 radical (unpaired) electrons. The van der Waals surface area contributed by atoms with Crippen molar-refractivity contribution in [3.63, 3.8) is 0 Å². The quantitative estimate of drug-likeness (QED) is 0.733. The second kappa shape index (κ2) is 7.49. The standard InChI is InChI=1S/C18H29N/c1-7-8-19-12-17(13(2)3)11-18-15(5)9-14(4)10-16(18)6/h9-11,13,19H,7-8,12H2,1-6H3. The molecule has 0 saturated heterocycles. The monoisotopic (exact) mass is 259 g/mol. The topological polar surface area (TPSA) is 12.0 Å². The largest absolute Gasteiger partial charge is 0.313 e. The number of nitrogens with one attached hydrogen (secondary N) is 1. The van der Waals surface area contributed by atoms with E-state index in [1.165, 1.54) is 34.2 Å². The minimum atomic E-state index is 0.587. The zero-order valence-electron chi connectivity index (χ0n) is 13.4. The zero-order chi connectivity index (χ0) is 14.4. The molecule has 0 bridgehead atoms. The third-order valence-electron chi connectivity index (χ3n) is 3.57. The molecular weight excluding hydrogens is 230 g/mol. The van der Waals surface area contributed by atoms with Crippen LogP contribution < -0.4 is 5.32 Å². The van der Waals surface area contributed by atoms with Crippen LogP contribution in [-0.2, 0) is 0 Å². The molecule has 1 rings (SSSR count). The fourth-order valence-corrected chi connectivity index (χ4v) is 2.44. The Kier molecular flexibility index (Phi) is 6.30. The van der Waals surface area contributed by atoms with Crippen LogP contribution in [-0.4, -0.2) is 13.1 Å². The van der Waals surface area contributed by atoms with Gasteiger partial charge in [0.1, 0.15) is 0 Å². The summed E-state index contributed by atoms with van der Waals surface area (Å²) in [6.07, 6.45) is 3.57. The van der Waals surface area contributed by atoms with Gasteiger partial charge in [-0.1, -0.05) is 50.1 Å². The van der Waals surface area contributed by atoms with Crippen LogP contribution in [0.15, 0.2) is 17.7 Å². The van der Waals surface area contributed by atoms with E-state index in [-0.39, 0.29) is 0 Å². The Morgan fingerprint density at radius 3 is 2.21 bits per heavy atom. The fraction of sp³-hybridized carbons (Fsp3) is 0.556.